The molecule has 0 heterocycles. The largest absolute Gasteiger partial charge is 0.472 e. The Morgan fingerprint density at radius 2 is 0.947 bits per heavy atom. The van der Waals surface area contributed by atoms with Crippen LogP contribution in [0.25, 0.3) is 0 Å². The molecule has 57 heavy (non-hydrogen) atoms. The monoisotopic (exact) mass is 812 g/mol. The zero-order valence-electron chi connectivity index (χ0n) is 35.0. The van der Waals surface area contributed by atoms with E-state index < -0.39 is 32.5 Å². The first-order valence-corrected chi connectivity index (χ1v) is 22.5. The van der Waals surface area contributed by atoms with Gasteiger partial charge >= 0.3 is 19.8 Å². The van der Waals surface area contributed by atoms with Crippen molar-refractivity contribution < 1.29 is 37.6 Å². The molecule has 0 amide bonds. The standard InChI is InChI=1S/C47H74NO8P/c1-3-5-7-9-11-13-15-17-19-21-22-24-25-27-29-31-33-35-37-39-46(49)53-43-45(44-55-57(51,52)54-42-41-48)56-47(50)40-38-36-34-32-30-28-26-23-20-18-16-14-12-10-8-6-4-2/h5-8,11-14,17-20,22,24,26-29,33,35,45H,3-4,9-10,15-16,21,23,25,30-32,34,36-44,48H2,1-2H3,(H,51,52)/t45-/m1/s1. The summed E-state index contributed by atoms with van der Waals surface area (Å²) in [6.45, 7) is 3.35. The van der Waals surface area contributed by atoms with Crippen LogP contribution in [-0.4, -0.2) is 49.3 Å². The molecule has 0 aliphatic carbocycles. The predicted octanol–water partition coefficient (Wildman–Crippen LogP) is 12.2. The third kappa shape index (κ3) is 41.9. The van der Waals surface area contributed by atoms with Crippen molar-refractivity contribution in [1.29, 1.82) is 0 Å². The molecule has 0 bridgehead atoms. The van der Waals surface area contributed by atoms with Gasteiger partial charge in [-0.1, -0.05) is 148 Å². The molecule has 0 aromatic rings. The second-order valence-corrected chi connectivity index (χ2v) is 14.5. The number of unbranched alkanes of at least 4 members (excludes halogenated alkanes) is 4. The Hall–Kier alpha value is -3.59. The highest BCUT2D eigenvalue weighted by molar-refractivity contribution is 7.47. The number of rotatable bonds is 37. The number of allylic oxidation sites excluding steroid dienone is 20. The zero-order valence-corrected chi connectivity index (χ0v) is 35.9. The molecule has 0 aromatic heterocycles. The Labute approximate surface area is 345 Å². The van der Waals surface area contributed by atoms with Gasteiger partial charge in [0.25, 0.3) is 0 Å². The highest BCUT2D eigenvalue weighted by Gasteiger charge is 2.25. The van der Waals surface area contributed by atoms with Gasteiger partial charge in [-0.2, -0.15) is 0 Å². The number of phosphoric ester groups is 1. The van der Waals surface area contributed by atoms with Crippen LogP contribution in [0.2, 0.25) is 0 Å². The molecule has 1 unspecified atom stereocenters. The lowest BCUT2D eigenvalue weighted by Crippen LogP contribution is -2.29. The smallest absolute Gasteiger partial charge is 0.462 e. The molecular formula is C47H74NO8P. The van der Waals surface area contributed by atoms with Gasteiger partial charge in [-0.05, 0) is 89.9 Å². The molecule has 0 radical (unpaired) electrons. The number of hydrogen-bond acceptors (Lipinski definition) is 8. The second-order valence-electron chi connectivity index (χ2n) is 13.1. The molecule has 0 saturated heterocycles. The van der Waals surface area contributed by atoms with Crippen LogP contribution in [0.15, 0.2) is 122 Å². The zero-order chi connectivity index (χ0) is 41.8. The van der Waals surface area contributed by atoms with Gasteiger partial charge in [0.1, 0.15) is 6.61 Å². The minimum atomic E-state index is -4.41. The minimum absolute atomic E-state index is 0.0319. The van der Waals surface area contributed by atoms with E-state index in [4.69, 9.17) is 24.3 Å². The topological polar surface area (TPSA) is 134 Å². The van der Waals surface area contributed by atoms with Crippen molar-refractivity contribution in [3.8, 4) is 0 Å². The van der Waals surface area contributed by atoms with Gasteiger partial charge in [-0.15, -0.1) is 0 Å². The van der Waals surface area contributed by atoms with Crippen molar-refractivity contribution in [3.05, 3.63) is 122 Å². The van der Waals surface area contributed by atoms with Crippen LogP contribution in [0.1, 0.15) is 129 Å². The number of phosphoric acid groups is 1. The summed E-state index contributed by atoms with van der Waals surface area (Å²) in [6.07, 6.45) is 56.7. The Morgan fingerprint density at radius 3 is 1.40 bits per heavy atom. The van der Waals surface area contributed by atoms with Crippen LogP contribution >= 0.6 is 7.82 Å². The predicted molar refractivity (Wildman–Crippen MR) is 237 cm³/mol. The van der Waals surface area contributed by atoms with Gasteiger partial charge in [0.2, 0.25) is 0 Å². The fourth-order valence-corrected chi connectivity index (χ4v) is 5.59. The summed E-state index contributed by atoms with van der Waals surface area (Å²) >= 11 is 0. The number of esters is 2. The van der Waals surface area contributed by atoms with Crippen molar-refractivity contribution in [2.24, 2.45) is 5.73 Å². The molecule has 10 heteroatoms. The fourth-order valence-electron chi connectivity index (χ4n) is 4.83. The van der Waals surface area contributed by atoms with Gasteiger partial charge in [0, 0.05) is 19.4 Å². The number of ether oxygens (including phenoxy) is 2. The van der Waals surface area contributed by atoms with Gasteiger partial charge in [-0.25, -0.2) is 4.57 Å². The van der Waals surface area contributed by atoms with Crippen LogP contribution in [0.3, 0.4) is 0 Å². The van der Waals surface area contributed by atoms with Crippen molar-refractivity contribution >= 4 is 19.8 Å². The highest BCUT2D eigenvalue weighted by atomic mass is 31.2. The first kappa shape index (κ1) is 53.4. The molecule has 2 atom stereocenters. The van der Waals surface area contributed by atoms with E-state index in [1.54, 1.807) is 0 Å². The maximum Gasteiger partial charge on any atom is 0.472 e. The first-order valence-electron chi connectivity index (χ1n) is 21.0. The molecule has 0 rings (SSSR count). The minimum Gasteiger partial charge on any atom is -0.462 e. The normalized spacial score (nSPS) is 14.5. The number of carbonyl (C=O) groups excluding carboxylic acids is 2. The molecule has 320 valence electrons. The lowest BCUT2D eigenvalue weighted by atomic mass is 10.1. The molecule has 0 fully saturated rings. The molecule has 9 nitrogen and oxygen atoms in total. The van der Waals surface area contributed by atoms with Gasteiger partial charge < -0.3 is 20.1 Å². The van der Waals surface area contributed by atoms with E-state index in [1.807, 2.05) is 12.2 Å². The maximum absolute atomic E-state index is 12.6. The molecule has 0 aliphatic rings. The number of nitrogens with two attached hydrogens (primary N) is 1. The summed E-state index contributed by atoms with van der Waals surface area (Å²) in [6, 6.07) is 0. The third-order valence-corrected chi connectivity index (χ3v) is 8.84. The molecule has 0 aromatic carbocycles. The molecule has 0 saturated carbocycles. The van der Waals surface area contributed by atoms with E-state index in [1.165, 1.54) is 0 Å². The molecule has 3 N–H and O–H groups in total. The van der Waals surface area contributed by atoms with Crippen molar-refractivity contribution in [2.45, 2.75) is 136 Å². The van der Waals surface area contributed by atoms with Crippen molar-refractivity contribution in [2.75, 3.05) is 26.4 Å². The summed E-state index contributed by atoms with van der Waals surface area (Å²) in [4.78, 5) is 34.8. The Kier molecular flexibility index (Phi) is 39.4. The lowest BCUT2D eigenvalue weighted by molar-refractivity contribution is -0.161. The first-order chi connectivity index (χ1) is 27.8. The third-order valence-electron chi connectivity index (χ3n) is 7.86. The Balaban J connectivity index is 4.37. The van der Waals surface area contributed by atoms with Gasteiger partial charge in [0.05, 0.1) is 13.2 Å². The van der Waals surface area contributed by atoms with Gasteiger partial charge in [-0.3, -0.25) is 18.6 Å². The van der Waals surface area contributed by atoms with Gasteiger partial charge in [0.15, 0.2) is 6.10 Å². The van der Waals surface area contributed by atoms with Crippen molar-refractivity contribution in [3.63, 3.8) is 0 Å². The number of hydrogen-bond donors (Lipinski definition) is 2. The van der Waals surface area contributed by atoms with E-state index in [9.17, 15) is 19.0 Å². The Bertz CT molecular complexity index is 1340. The lowest BCUT2D eigenvalue weighted by Gasteiger charge is -2.19. The van der Waals surface area contributed by atoms with E-state index in [2.05, 4.69) is 123 Å². The average molecular weight is 812 g/mol. The second kappa shape index (κ2) is 42.0. The fraction of sp³-hybridized carbons (Fsp3) is 0.532. The summed E-state index contributed by atoms with van der Waals surface area (Å²) in [7, 11) is -4.41. The van der Waals surface area contributed by atoms with E-state index in [0.29, 0.717) is 12.8 Å². The maximum atomic E-state index is 12.6. The summed E-state index contributed by atoms with van der Waals surface area (Å²) in [5, 5.41) is 0. The SMILES string of the molecule is CCC=CCC=CCC=CCC=CCC=CCC=CCCC(=O)OC[C@H](COP(=O)(O)OCCN)OC(=O)CCCCCCC=CCC=CCC=CCC=CCC. The quantitative estimate of drug-likeness (QED) is 0.0272. The Morgan fingerprint density at radius 1 is 0.526 bits per heavy atom. The van der Waals surface area contributed by atoms with Crippen molar-refractivity contribution in [1.82, 2.24) is 0 Å². The number of carbonyl (C=O) groups is 2. The average Bonchev–Trinajstić information content (AvgIpc) is 3.20. The van der Waals surface area contributed by atoms with Crippen LogP contribution in [0.4, 0.5) is 0 Å². The summed E-state index contributed by atoms with van der Waals surface area (Å²) < 4.78 is 32.6. The summed E-state index contributed by atoms with van der Waals surface area (Å²) in [5.41, 5.74) is 5.34. The molecular weight excluding hydrogens is 737 g/mol. The molecule has 0 aliphatic heterocycles. The van der Waals surface area contributed by atoms with Crippen LogP contribution < -0.4 is 5.73 Å². The molecule has 0 spiro atoms. The van der Waals surface area contributed by atoms with Crippen LogP contribution in [-0.2, 0) is 32.7 Å². The highest BCUT2D eigenvalue weighted by Crippen LogP contribution is 2.43. The van der Waals surface area contributed by atoms with Crippen LogP contribution in [0, 0.1) is 0 Å². The van der Waals surface area contributed by atoms with E-state index in [0.717, 1.165) is 89.9 Å². The summed E-state index contributed by atoms with van der Waals surface area (Å²) in [5.74, 6) is -0.970. The van der Waals surface area contributed by atoms with E-state index >= 15 is 0 Å². The van der Waals surface area contributed by atoms with Crippen LogP contribution in [0.5, 0.6) is 0 Å². The van der Waals surface area contributed by atoms with E-state index in [-0.39, 0.29) is 32.6 Å².